The van der Waals surface area contributed by atoms with Crippen LogP contribution in [-0.2, 0) is 21.7 Å². The van der Waals surface area contributed by atoms with Gasteiger partial charge in [0.05, 0.1) is 6.54 Å². The number of aryl methyl sites for hydroxylation is 1. The highest BCUT2D eigenvalue weighted by Crippen LogP contribution is 2.40. The Labute approximate surface area is 156 Å². The van der Waals surface area contributed by atoms with Crippen molar-refractivity contribution in [2.24, 2.45) is 0 Å². The molecular formula is C18H23N5O4. The first-order valence-corrected chi connectivity index (χ1v) is 9.03. The molecule has 1 atom stereocenters. The summed E-state index contributed by atoms with van der Waals surface area (Å²) in [5.74, 6) is 1.22. The number of rotatable bonds is 2. The molecule has 0 saturated carbocycles. The van der Waals surface area contributed by atoms with E-state index in [-0.39, 0.29) is 11.8 Å². The SMILES string of the molecule is Cc1cc(C(=O)N2CCC3(CC2)O[C@@H](C(=O)N(C)C)Cn2ccnc23)no1. The van der Waals surface area contributed by atoms with Gasteiger partial charge in [-0.15, -0.1) is 0 Å². The van der Waals surface area contributed by atoms with Crippen LogP contribution in [-0.4, -0.2) is 69.6 Å². The standard InChI is InChI=1S/C18H23N5O4/c1-12-10-13(20-27-12)15(24)22-7-4-18(5-8-22)17-19-6-9-23(17)11-14(26-18)16(25)21(2)3/h6,9-10,14H,4-5,7-8,11H2,1-3H3/t14-/m1/s1. The van der Waals surface area contributed by atoms with Crippen LogP contribution in [0, 0.1) is 6.92 Å². The van der Waals surface area contributed by atoms with Crippen LogP contribution >= 0.6 is 0 Å². The van der Waals surface area contributed by atoms with E-state index in [9.17, 15) is 9.59 Å². The third kappa shape index (κ3) is 3.01. The summed E-state index contributed by atoms with van der Waals surface area (Å²) in [4.78, 5) is 32.9. The van der Waals surface area contributed by atoms with Crippen LogP contribution in [0.25, 0.3) is 0 Å². The van der Waals surface area contributed by atoms with Crippen molar-refractivity contribution < 1.29 is 18.8 Å². The molecule has 0 radical (unpaired) electrons. The Kier molecular flexibility index (Phi) is 4.26. The number of hydrogen-bond donors (Lipinski definition) is 0. The second-order valence-electron chi connectivity index (χ2n) is 7.35. The van der Waals surface area contributed by atoms with Crippen molar-refractivity contribution >= 4 is 11.8 Å². The lowest BCUT2D eigenvalue weighted by Gasteiger charge is -2.45. The van der Waals surface area contributed by atoms with Crippen molar-refractivity contribution in [3.8, 4) is 0 Å². The molecule has 0 aliphatic carbocycles. The van der Waals surface area contributed by atoms with Gasteiger partial charge in [0, 0.05) is 58.5 Å². The number of nitrogens with zero attached hydrogens (tertiary/aromatic N) is 5. The van der Waals surface area contributed by atoms with Gasteiger partial charge in [0.15, 0.2) is 11.8 Å². The third-order valence-electron chi connectivity index (χ3n) is 5.27. The molecule has 2 aromatic heterocycles. The largest absolute Gasteiger partial charge is 0.361 e. The molecule has 144 valence electrons. The van der Waals surface area contributed by atoms with E-state index in [1.807, 2.05) is 10.8 Å². The van der Waals surface area contributed by atoms with Crippen LogP contribution in [0.5, 0.6) is 0 Å². The van der Waals surface area contributed by atoms with Gasteiger partial charge in [0.25, 0.3) is 11.8 Å². The van der Waals surface area contributed by atoms with Crippen molar-refractivity contribution in [3.63, 3.8) is 0 Å². The van der Waals surface area contributed by atoms with Crippen molar-refractivity contribution in [1.82, 2.24) is 24.5 Å². The van der Waals surface area contributed by atoms with Crippen molar-refractivity contribution in [2.45, 2.75) is 38.0 Å². The maximum atomic E-state index is 12.6. The summed E-state index contributed by atoms with van der Waals surface area (Å²) in [5, 5.41) is 3.81. The number of carbonyl (C=O) groups is 2. The van der Waals surface area contributed by atoms with Crippen molar-refractivity contribution in [2.75, 3.05) is 27.2 Å². The van der Waals surface area contributed by atoms with Gasteiger partial charge >= 0.3 is 0 Å². The Hall–Kier alpha value is -2.68. The predicted molar refractivity (Wildman–Crippen MR) is 93.8 cm³/mol. The maximum absolute atomic E-state index is 12.6. The van der Waals surface area contributed by atoms with E-state index in [4.69, 9.17) is 9.26 Å². The molecule has 1 fully saturated rings. The number of aromatic nitrogens is 3. The van der Waals surface area contributed by atoms with E-state index >= 15 is 0 Å². The molecule has 0 bridgehead atoms. The molecule has 1 saturated heterocycles. The molecule has 0 unspecified atom stereocenters. The lowest BCUT2D eigenvalue weighted by atomic mass is 9.88. The fourth-order valence-corrected chi connectivity index (χ4v) is 3.85. The van der Waals surface area contributed by atoms with Crippen LogP contribution in [0.15, 0.2) is 23.0 Å². The molecule has 9 heteroatoms. The summed E-state index contributed by atoms with van der Waals surface area (Å²) in [6, 6.07) is 1.64. The van der Waals surface area contributed by atoms with Gasteiger partial charge in [0.2, 0.25) is 0 Å². The second-order valence-corrected chi connectivity index (χ2v) is 7.35. The minimum atomic E-state index is -0.658. The summed E-state index contributed by atoms with van der Waals surface area (Å²) < 4.78 is 13.3. The molecule has 9 nitrogen and oxygen atoms in total. The first kappa shape index (κ1) is 17.7. The zero-order valence-corrected chi connectivity index (χ0v) is 15.7. The predicted octanol–water partition coefficient (Wildman–Crippen LogP) is 0.798. The smallest absolute Gasteiger partial charge is 0.276 e. The van der Waals surface area contributed by atoms with Gasteiger partial charge < -0.3 is 23.6 Å². The molecule has 2 aliphatic rings. The summed E-state index contributed by atoms with van der Waals surface area (Å²) >= 11 is 0. The zero-order valence-electron chi connectivity index (χ0n) is 15.7. The van der Waals surface area contributed by atoms with Crippen LogP contribution in [0.1, 0.15) is 34.9 Å². The summed E-state index contributed by atoms with van der Waals surface area (Å²) in [6.07, 6.45) is 4.21. The van der Waals surface area contributed by atoms with Crippen molar-refractivity contribution in [3.05, 3.63) is 35.7 Å². The van der Waals surface area contributed by atoms with Crippen LogP contribution in [0.3, 0.4) is 0 Å². The molecule has 0 aromatic carbocycles. The van der Waals surface area contributed by atoms with E-state index < -0.39 is 11.7 Å². The molecule has 1 spiro atoms. The van der Waals surface area contributed by atoms with Gasteiger partial charge in [-0.25, -0.2) is 4.98 Å². The highest BCUT2D eigenvalue weighted by Gasteiger charge is 2.48. The molecule has 2 aliphatic heterocycles. The lowest BCUT2D eigenvalue weighted by Crippen LogP contribution is -2.54. The number of likely N-dealkylation sites (tertiary alicyclic amines) is 1. The van der Waals surface area contributed by atoms with Gasteiger partial charge in [-0.2, -0.15) is 0 Å². The van der Waals surface area contributed by atoms with Gasteiger partial charge in [-0.3, -0.25) is 9.59 Å². The second kappa shape index (κ2) is 6.49. The Morgan fingerprint density at radius 1 is 1.30 bits per heavy atom. The number of hydrogen-bond acceptors (Lipinski definition) is 6. The highest BCUT2D eigenvalue weighted by atomic mass is 16.5. The summed E-state index contributed by atoms with van der Waals surface area (Å²) in [7, 11) is 3.45. The molecule has 2 aromatic rings. The van der Waals surface area contributed by atoms with E-state index in [0.29, 0.717) is 43.9 Å². The zero-order chi connectivity index (χ0) is 19.2. The molecule has 27 heavy (non-hydrogen) atoms. The average molecular weight is 373 g/mol. The van der Waals surface area contributed by atoms with Gasteiger partial charge in [-0.1, -0.05) is 5.16 Å². The first-order chi connectivity index (χ1) is 12.9. The molecule has 4 heterocycles. The highest BCUT2D eigenvalue weighted by molar-refractivity contribution is 5.92. The van der Waals surface area contributed by atoms with Gasteiger partial charge in [0.1, 0.15) is 17.2 Å². The number of fused-ring (bicyclic) bond motifs is 2. The molecule has 0 N–H and O–H groups in total. The molecular weight excluding hydrogens is 350 g/mol. The molecule has 4 rings (SSSR count). The topological polar surface area (TPSA) is 93.7 Å². The summed E-state index contributed by atoms with van der Waals surface area (Å²) in [5.41, 5.74) is -0.343. The number of carbonyl (C=O) groups excluding carboxylic acids is 2. The fourth-order valence-electron chi connectivity index (χ4n) is 3.85. The van der Waals surface area contributed by atoms with Crippen molar-refractivity contribution in [1.29, 1.82) is 0 Å². The average Bonchev–Trinajstić information content (AvgIpc) is 3.30. The van der Waals surface area contributed by atoms with E-state index in [1.165, 1.54) is 0 Å². The summed E-state index contributed by atoms with van der Waals surface area (Å²) in [6.45, 7) is 3.21. The maximum Gasteiger partial charge on any atom is 0.276 e. The normalized spacial score (nSPS) is 21.1. The Balaban J connectivity index is 1.54. The number of amides is 2. The van der Waals surface area contributed by atoms with Crippen LogP contribution in [0.2, 0.25) is 0 Å². The Bertz CT molecular complexity index is 863. The van der Waals surface area contributed by atoms with Crippen LogP contribution < -0.4 is 0 Å². The minimum Gasteiger partial charge on any atom is -0.361 e. The Morgan fingerprint density at radius 3 is 2.67 bits per heavy atom. The Morgan fingerprint density at radius 2 is 2.04 bits per heavy atom. The minimum absolute atomic E-state index is 0.0645. The molecule has 2 amide bonds. The number of ether oxygens (including phenoxy) is 1. The number of imidazole rings is 1. The third-order valence-corrected chi connectivity index (χ3v) is 5.27. The lowest BCUT2D eigenvalue weighted by molar-refractivity contribution is -0.178. The van der Waals surface area contributed by atoms with E-state index in [0.717, 1.165) is 5.82 Å². The number of piperidine rings is 1. The van der Waals surface area contributed by atoms with E-state index in [1.54, 1.807) is 43.1 Å². The fraction of sp³-hybridized carbons (Fsp3) is 0.556. The van der Waals surface area contributed by atoms with E-state index in [2.05, 4.69) is 10.1 Å². The monoisotopic (exact) mass is 373 g/mol. The van der Waals surface area contributed by atoms with Gasteiger partial charge in [-0.05, 0) is 6.92 Å². The quantitative estimate of drug-likeness (QED) is 0.773. The number of likely N-dealkylation sites (N-methyl/N-ethyl adjacent to an activating group) is 1. The van der Waals surface area contributed by atoms with Crippen LogP contribution in [0.4, 0.5) is 0 Å². The first-order valence-electron chi connectivity index (χ1n) is 9.03.